The maximum atomic E-state index is 12.1. The molecule has 2 rings (SSSR count). The van der Waals surface area contributed by atoms with Crippen molar-refractivity contribution >= 4 is 17.5 Å². The topological polar surface area (TPSA) is 76.7 Å². The van der Waals surface area contributed by atoms with Crippen LogP contribution in [0.1, 0.15) is 32.6 Å². The van der Waals surface area contributed by atoms with Gasteiger partial charge in [0.2, 0.25) is 0 Å². The lowest BCUT2D eigenvalue weighted by molar-refractivity contribution is -0.137. The van der Waals surface area contributed by atoms with Crippen LogP contribution in [-0.4, -0.2) is 32.1 Å². The van der Waals surface area contributed by atoms with E-state index in [4.69, 9.17) is 9.47 Å². The largest absolute Gasteiger partial charge is 0.497 e. The third kappa shape index (κ3) is 4.37. The van der Waals surface area contributed by atoms with Crippen LogP contribution in [-0.2, 0) is 9.59 Å². The van der Waals surface area contributed by atoms with Crippen molar-refractivity contribution in [2.75, 3.05) is 19.5 Å². The highest BCUT2D eigenvalue weighted by Crippen LogP contribution is 2.29. The summed E-state index contributed by atoms with van der Waals surface area (Å²) in [5.41, 5.74) is 0.435. The minimum Gasteiger partial charge on any atom is -0.497 e. The Morgan fingerprint density at radius 2 is 1.83 bits per heavy atom. The summed E-state index contributed by atoms with van der Waals surface area (Å²) in [5.74, 6) is 0.153. The quantitative estimate of drug-likeness (QED) is 0.835. The number of rotatable bonds is 4. The van der Waals surface area contributed by atoms with Crippen LogP contribution in [0.5, 0.6) is 11.5 Å². The van der Waals surface area contributed by atoms with Gasteiger partial charge in [0.15, 0.2) is 0 Å². The molecule has 2 atom stereocenters. The third-order valence-electron chi connectivity index (χ3n) is 4.29. The van der Waals surface area contributed by atoms with Gasteiger partial charge >= 0.3 is 11.8 Å². The number of carbonyl (C=O) groups excluding carboxylic acids is 2. The number of amides is 2. The van der Waals surface area contributed by atoms with Gasteiger partial charge in [-0.25, -0.2) is 0 Å². The van der Waals surface area contributed by atoms with Crippen LogP contribution in [0.15, 0.2) is 18.2 Å². The van der Waals surface area contributed by atoms with Crippen LogP contribution in [0.25, 0.3) is 0 Å². The average Bonchev–Trinajstić information content (AvgIpc) is 2.57. The molecule has 0 aliphatic heterocycles. The number of anilines is 1. The first-order chi connectivity index (χ1) is 11.0. The van der Waals surface area contributed by atoms with Crippen LogP contribution in [0.2, 0.25) is 0 Å². The zero-order chi connectivity index (χ0) is 16.8. The zero-order valence-electron chi connectivity index (χ0n) is 13.8. The fraction of sp³-hybridized carbons (Fsp3) is 0.529. The van der Waals surface area contributed by atoms with Crippen molar-refractivity contribution in [2.45, 2.75) is 38.6 Å². The summed E-state index contributed by atoms with van der Waals surface area (Å²) in [6, 6.07) is 5.06. The van der Waals surface area contributed by atoms with Crippen LogP contribution >= 0.6 is 0 Å². The Labute approximate surface area is 136 Å². The van der Waals surface area contributed by atoms with Gasteiger partial charge in [0.25, 0.3) is 0 Å². The standard InChI is InChI=1S/C17H24N2O4/c1-11-6-4-5-7-13(11)18-16(20)17(21)19-14-9-8-12(22-2)10-15(14)23-3/h8-11,13H,4-7H2,1-3H3,(H,18,20)(H,19,21)/t11-,13+/m0/s1. The van der Waals surface area contributed by atoms with Crippen molar-refractivity contribution in [1.82, 2.24) is 5.32 Å². The number of nitrogens with one attached hydrogen (secondary N) is 2. The van der Waals surface area contributed by atoms with Crippen molar-refractivity contribution in [1.29, 1.82) is 0 Å². The predicted octanol–water partition coefficient (Wildman–Crippen LogP) is 2.34. The highest BCUT2D eigenvalue weighted by Gasteiger charge is 2.25. The Morgan fingerprint density at radius 1 is 1.09 bits per heavy atom. The maximum absolute atomic E-state index is 12.1. The smallest absolute Gasteiger partial charge is 0.313 e. The Bertz CT molecular complexity index is 574. The van der Waals surface area contributed by atoms with E-state index in [9.17, 15) is 9.59 Å². The minimum absolute atomic E-state index is 0.0692. The summed E-state index contributed by atoms with van der Waals surface area (Å²) in [4.78, 5) is 24.2. The lowest BCUT2D eigenvalue weighted by atomic mass is 9.86. The van der Waals surface area contributed by atoms with Crippen molar-refractivity contribution in [2.24, 2.45) is 5.92 Å². The second kappa shape index (κ2) is 7.85. The van der Waals surface area contributed by atoms with Gasteiger partial charge < -0.3 is 20.1 Å². The number of methoxy groups -OCH3 is 2. The molecule has 6 nitrogen and oxygen atoms in total. The average molecular weight is 320 g/mol. The second-order valence-electron chi connectivity index (χ2n) is 5.86. The van der Waals surface area contributed by atoms with E-state index in [0.717, 1.165) is 19.3 Å². The number of benzene rings is 1. The molecule has 1 saturated carbocycles. The molecule has 0 radical (unpaired) electrons. The summed E-state index contributed by atoms with van der Waals surface area (Å²) in [7, 11) is 3.04. The van der Waals surface area contributed by atoms with Gasteiger partial charge in [-0.15, -0.1) is 0 Å². The first-order valence-corrected chi connectivity index (χ1v) is 7.89. The third-order valence-corrected chi connectivity index (χ3v) is 4.29. The molecule has 0 spiro atoms. The van der Waals surface area contributed by atoms with Gasteiger partial charge in [0.05, 0.1) is 19.9 Å². The molecular formula is C17H24N2O4. The Hall–Kier alpha value is -2.24. The highest BCUT2D eigenvalue weighted by atomic mass is 16.5. The van der Waals surface area contributed by atoms with Crippen molar-refractivity contribution < 1.29 is 19.1 Å². The van der Waals surface area contributed by atoms with E-state index in [1.54, 1.807) is 25.3 Å². The molecule has 0 bridgehead atoms. The van der Waals surface area contributed by atoms with Crippen LogP contribution < -0.4 is 20.1 Å². The van der Waals surface area contributed by atoms with E-state index >= 15 is 0 Å². The Kier molecular flexibility index (Phi) is 5.84. The lowest BCUT2D eigenvalue weighted by Crippen LogP contribution is -2.45. The van der Waals surface area contributed by atoms with E-state index in [1.807, 2.05) is 0 Å². The van der Waals surface area contributed by atoms with E-state index in [0.29, 0.717) is 23.1 Å². The maximum Gasteiger partial charge on any atom is 0.313 e. The van der Waals surface area contributed by atoms with Crippen molar-refractivity contribution in [3.05, 3.63) is 18.2 Å². The highest BCUT2D eigenvalue weighted by molar-refractivity contribution is 6.39. The molecular weight excluding hydrogens is 296 g/mol. The molecule has 0 aromatic heterocycles. The van der Waals surface area contributed by atoms with Crippen LogP contribution in [0.3, 0.4) is 0 Å². The molecule has 0 unspecified atom stereocenters. The molecule has 6 heteroatoms. The molecule has 1 aliphatic rings. The second-order valence-corrected chi connectivity index (χ2v) is 5.86. The van der Waals surface area contributed by atoms with E-state index in [1.165, 1.54) is 13.5 Å². The summed E-state index contributed by atoms with van der Waals surface area (Å²) in [6.07, 6.45) is 4.27. The first kappa shape index (κ1) is 17.1. The molecule has 0 saturated heterocycles. The fourth-order valence-corrected chi connectivity index (χ4v) is 2.85. The summed E-state index contributed by atoms with van der Waals surface area (Å²) < 4.78 is 10.3. The number of hydrogen-bond acceptors (Lipinski definition) is 4. The molecule has 0 heterocycles. The summed E-state index contributed by atoms with van der Waals surface area (Å²) >= 11 is 0. The monoisotopic (exact) mass is 320 g/mol. The number of hydrogen-bond donors (Lipinski definition) is 2. The van der Waals surface area contributed by atoms with E-state index < -0.39 is 11.8 Å². The van der Waals surface area contributed by atoms with E-state index in [-0.39, 0.29) is 6.04 Å². The van der Waals surface area contributed by atoms with E-state index in [2.05, 4.69) is 17.6 Å². The fourth-order valence-electron chi connectivity index (χ4n) is 2.85. The predicted molar refractivity (Wildman–Crippen MR) is 87.7 cm³/mol. The molecule has 1 aromatic carbocycles. The molecule has 1 aromatic rings. The van der Waals surface area contributed by atoms with Gasteiger partial charge in [-0.1, -0.05) is 19.8 Å². The Morgan fingerprint density at radius 3 is 2.48 bits per heavy atom. The summed E-state index contributed by atoms with van der Waals surface area (Å²) in [6.45, 7) is 2.11. The van der Waals surface area contributed by atoms with Gasteiger partial charge in [-0.05, 0) is 30.9 Å². The zero-order valence-corrected chi connectivity index (χ0v) is 13.8. The molecule has 2 N–H and O–H groups in total. The van der Waals surface area contributed by atoms with Gasteiger partial charge in [0.1, 0.15) is 11.5 Å². The van der Waals surface area contributed by atoms with Gasteiger partial charge in [-0.3, -0.25) is 9.59 Å². The number of ether oxygens (including phenoxy) is 2. The first-order valence-electron chi connectivity index (χ1n) is 7.89. The van der Waals surface area contributed by atoms with Crippen LogP contribution in [0.4, 0.5) is 5.69 Å². The molecule has 1 aliphatic carbocycles. The number of carbonyl (C=O) groups is 2. The van der Waals surface area contributed by atoms with Crippen molar-refractivity contribution in [3.63, 3.8) is 0 Å². The minimum atomic E-state index is -0.689. The normalized spacial score (nSPS) is 20.5. The lowest BCUT2D eigenvalue weighted by Gasteiger charge is -2.29. The molecule has 2 amide bonds. The SMILES string of the molecule is COc1ccc(NC(=O)C(=O)N[C@@H]2CCCC[C@@H]2C)c(OC)c1. The molecule has 1 fully saturated rings. The molecule has 23 heavy (non-hydrogen) atoms. The van der Waals surface area contributed by atoms with Crippen molar-refractivity contribution in [3.8, 4) is 11.5 Å². The van der Waals surface area contributed by atoms with Gasteiger partial charge in [0, 0.05) is 12.1 Å². The summed E-state index contributed by atoms with van der Waals surface area (Å²) in [5, 5.41) is 5.42. The Balaban J connectivity index is 1.99. The molecule has 126 valence electrons. The van der Waals surface area contributed by atoms with Gasteiger partial charge in [-0.2, -0.15) is 0 Å². The van der Waals surface area contributed by atoms with Crippen LogP contribution in [0, 0.1) is 5.92 Å².